The fraction of sp³-hybridized carbons (Fsp3) is 0.577. The summed E-state index contributed by atoms with van der Waals surface area (Å²) >= 11 is 0. The lowest BCUT2D eigenvalue weighted by atomic mass is 9.89. The topological polar surface area (TPSA) is 74.8 Å². The van der Waals surface area contributed by atoms with Crippen molar-refractivity contribution < 1.29 is 14.3 Å². The van der Waals surface area contributed by atoms with Gasteiger partial charge in [0.15, 0.2) is 0 Å². The van der Waals surface area contributed by atoms with Gasteiger partial charge in [-0.05, 0) is 49.4 Å². The third-order valence-corrected chi connectivity index (χ3v) is 7.24. The average Bonchev–Trinajstić information content (AvgIpc) is 3.20. The summed E-state index contributed by atoms with van der Waals surface area (Å²) in [6.07, 6.45) is 8.56. The smallest absolute Gasteiger partial charge is 0.230 e. The first-order chi connectivity index (χ1) is 16.1. The molecule has 33 heavy (non-hydrogen) atoms. The van der Waals surface area contributed by atoms with Gasteiger partial charge in [-0.25, -0.2) is 4.98 Å². The lowest BCUT2D eigenvalue weighted by Crippen LogP contribution is -2.49. The van der Waals surface area contributed by atoms with Crippen molar-refractivity contribution in [1.29, 1.82) is 0 Å². The zero-order valence-corrected chi connectivity index (χ0v) is 19.4. The number of hydrogen-bond acceptors (Lipinski definition) is 5. The van der Waals surface area contributed by atoms with E-state index in [0.29, 0.717) is 31.7 Å². The summed E-state index contributed by atoms with van der Waals surface area (Å²) in [5, 5.41) is 3.75. The zero-order valence-electron chi connectivity index (χ0n) is 19.4. The standard InChI is InChI=1S/C26H34N4O3/c31-24-17-21-15-20-16-22(8-9-23(20)27-26(21)28-24)33-14-4-7-25(32)30-12-10-29(11-13-30)18-19-5-2-1-3-6-19/h8-9,15-16,19H,1-7,10-14,17-18H2,(H,27,28,31). The summed E-state index contributed by atoms with van der Waals surface area (Å²) in [5.41, 5.74) is 1.76. The van der Waals surface area contributed by atoms with Crippen LogP contribution in [0.3, 0.4) is 0 Å². The molecule has 1 saturated carbocycles. The molecule has 7 heteroatoms. The van der Waals surface area contributed by atoms with Crippen LogP contribution in [0.4, 0.5) is 5.82 Å². The Morgan fingerprint density at radius 3 is 2.73 bits per heavy atom. The van der Waals surface area contributed by atoms with E-state index in [0.717, 1.165) is 54.3 Å². The Balaban J connectivity index is 1.04. The second-order valence-corrected chi connectivity index (χ2v) is 9.71. The summed E-state index contributed by atoms with van der Waals surface area (Å²) in [5.74, 6) is 2.52. The molecule has 0 unspecified atom stereocenters. The van der Waals surface area contributed by atoms with Gasteiger partial charge in [0, 0.05) is 50.1 Å². The molecule has 3 heterocycles. The van der Waals surface area contributed by atoms with Crippen molar-refractivity contribution in [2.24, 2.45) is 5.92 Å². The minimum Gasteiger partial charge on any atom is -0.494 e. The summed E-state index contributed by atoms with van der Waals surface area (Å²) < 4.78 is 5.90. The van der Waals surface area contributed by atoms with Crippen LogP contribution in [-0.2, 0) is 16.0 Å². The Kier molecular flexibility index (Phi) is 6.76. The molecule has 2 amide bonds. The Morgan fingerprint density at radius 1 is 1.09 bits per heavy atom. The summed E-state index contributed by atoms with van der Waals surface area (Å²) in [4.78, 5) is 33.3. The maximum Gasteiger partial charge on any atom is 0.230 e. The first-order valence-corrected chi connectivity index (χ1v) is 12.5. The number of amides is 2. The number of pyridine rings is 1. The molecule has 0 bridgehead atoms. The van der Waals surface area contributed by atoms with Crippen LogP contribution in [0, 0.1) is 5.92 Å². The van der Waals surface area contributed by atoms with E-state index in [1.165, 1.54) is 38.6 Å². The number of anilines is 1. The van der Waals surface area contributed by atoms with Crippen molar-refractivity contribution >= 4 is 28.5 Å². The van der Waals surface area contributed by atoms with E-state index in [2.05, 4.69) is 15.2 Å². The summed E-state index contributed by atoms with van der Waals surface area (Å²) in [6, 6.07) is 7.76. The zero-order chi connectivity index (χ0) is 22.6. The quantitative estimate of drug-likeness (QED) is 0.653. The number of benzene rings is 1. The van der Waals surface area contributed by atoms with E-state index in [4.69, 9.17) is 4.74 Å². The summed E-state index contributed by atoms with van der Waals surface area (Å²) in [6.45, 7) is 5.45. The number of rotatable bonds is 7. The second-order valence-electron chi connectivity index (χ2n) is 9.71. The fourth-order valence-corrected chi connectivity index (χ4v) is 5.37. The molecule has 2 aliphatic heterocycles. The Bertz CT molecular complexity index is 1010. The maximum absolute atomic E-state index is 12.6. The highest BCUT2D eigenvalue weighted by molar-refractivity contribution is 6.00. The fourth-order valence-electron chi connectivity index (χ4n) is 5.37. The molecular formula is C26H34N4O3. The van der Waals surface area contributed by atoms with Crippen LogP contribution in [0.2, 0.25) is 0 Å². The molecular weight excluding hydrogens is 416 g/mol. The van der Waals surface area contributed by atoms with E-state index >= 15 is 0 Å². The molecule has 1 N–H and O–H groups in total. The van der Waals surface area contributed by atoms with Crippen LogP contribution < -0.4 is 10.1 Å². The van der Waals surface area contributed by atoms with E-state index in [-0.39, 0.29) is 11.8 Å². The van der Waals surface area contributed by atoms with Crippen LogP contribution in [0.15, 0.2) is 24.3 Å². The van der Waals surface area contributed by atoms with Gasteiger partial charge in [-0.1, -0.05) is 19.3 Å². The van der Waals surface area contributed by atoms with Gasteiger partial charge in [0.05, 0.1) is 18.5 Å². The van der Waals surface area contributed by atoms with E-state index in [9.17, 15) is 9.59 Å². The first-order valence-electron chi connectivity index (χ1n) is 12.5. The van der Waals surface area contributed by atoms with Gasteiger partial charge < -0.3 is 15.0 Å². The van der Waals surface area contributed by atoms with Gasteiger partial charge in [-0.2, -0.15) is 0 Å². The van der Waals surface area contributed by atoms with E-state index < -0.39 is 0 Å². The molecule has 3 aliphatic rings. The van der Waals surface area contributed by atoms with Crippen LogP contribution in [0.25, 0.3) is 10.9 Å². The van der Waals surface area contributed by atoms with Crippen molar-refractivity contribution in [3.05, 3.63) is 29.8 Å². The molecule has 1 saturated heterocycles. The Labute approximate surface area is 195 Å². The first kappa shape index (κ1) is 22.1. The Hall–Kier alpha value is -2.67. The van der Waals surface area contributed by atoms with E-state index in [1.54, 1.807) is 0 Å². The predicted octanol–water partition coefficient (Wildman–Crippen LogP) is 3.61. The lowest BCUT2D eigenvalue weighted by molar-refractivity contribution is -0.133. The number of nitrogens with one attached hydrogen (secondary N) is 1. The van der Waals surface area contributed by atoms with Gasteiger partial charge in [0.2, 0.25) is 11.8 Å². The monoisotopic (exact) mass is 450 g/mol. The molecule has 0 spiro atoms. The SMILES string of the molecule is O=C1Cc2cc3cc(OCCCC(=O)N4CCN(CC5CCCCC5)CC4)ccc3nc2N1. The molecule has 0 radical (unpaired) electrons. The number of nitrogens with zero attached hydrogens (tertiary/aromatic N) is 3. The molecule has 5 rings (SSSR count). The van der Waals surface area contributed by atoms with Crippen LogP contribution >= 0.6 is 0 Å². The molecule has 1 aromatic carbocycles. The van der Waals surface area contributed by atoms with Gasteiger partial charge in [0.1, 0.15) is 11.6 Å². The molecule has 1 aromatic heterocycles. The largest absolute Gasteiger partial charge is 0.494 e. The van der Waals surface area contributed by atoms with Crippen LogP contribution in [0.1, 0.15) is 50.5 Å². The van der Waals surface area contributed by atoms with Crippen molar-refractivity contribution in [1.82, 2.24) is 14.8 Å². The average molecular weight is 451 g/mol. The Morgan fingerprint density at radius 2 is 1.91 bits per heavy atom. The highest BCUT2D eigenvalue weighted by Gasteiger charge is 2.24. The molecule has 2 aromatic rings. The number of aromatic nitrogens is 1. The van der Waals surface area contributed by atoms with Crippen molar-refractivity contribution in [2.75, 3.05) is 44.6 Å². The molecule has 176 valence electrons. The number of ether oxygens (including phenoxy) is 1. The number of fused-ring (bicyclic) bond motifs is 2. The van der Waals surface area contributed by atoms with Crippen molar-refractivity contribution in [2.45, 2.75) is 51.4 Å². The number of hydrogen-bond donors (Lipinski definition) is 1. The normalized spacial score (nSPS) is 19.5. The van der Waals surface area contributed by atoms with Gasteiger partial charge >= 0.3 is 0 Å². The number of carbonyl (C=O) groups is 2. The van der Waals surface area contributed by atoms with Crippen molar-refractivity contribution in [3.8, 4) is 5.75 Å². The third kappa shape index (κ3) is 5.46. The number of piperazine rings is 1. The van der Waals surface area contributed by atoms with E-state index in [1.807, 2.05) is 29.2 Å². The number of carbonyl (C=O) groups excluding carboxylic acids is 2. The predicted molar refractivity (Wildman–Crippen MR) is 128 cm³/mol. The van der Waals surface area contributed by atoms with Crippen LogP contribution in [-0.4, -0.2) is 65.9 Å². The van der Waals surface area contributed by atoms with Gasteiger partial charge in [-0.3, -0.25) is 14.5 Å². The lowest BCUT2D eigenvalue weighted by Gasteiger charge is -2.37. The van der Waals surface area contributed by atoms with Gasteiger partial charge in [0.25, 0.3) is 0 Å². The highest BCUT2D eigenvalue weighted by atomic mass is 16.5. The molecule has 1 aliphatic carbocycles. The van der Waals surface area contributed by atoms with Gasteiger partial charge in [-0.15, -0.1) is 0 Å². The highest BCUT2D eigenvalue weighted by Crippen LogP contribution is 2.28. The van der Waals surface area contributed by atoms with Crippen LogP contribution in [0.5, 0.6) is 5.75 Å². The third-order valence-electron chi connectivity index (χ3n) is 7.24. The molecule has 7 nitrogen and oxygen atoms in total. The molecule has 0 atom stereocenters. The minimum absolute atomic E-state index is 0.0143. The summed E-state index contributed by atoms with van der Waals surface area (Å²) in [7, 11) is 0. The molecule has 2 fully saturated rings. The van der Waals surface area contributed by atoms with Crippen molar-refractivity contribution in [3.63, 3.8) is 0 Å². The minimum atomic E-state index is -0.0143. The maximum atomic E-state index is 12.6. The second kappa shape index (κ2) is 10.1.